The van der Waals surface area contributed by atoms with E-state index in [1.807, 2.05) is 13.8 Å². The Hall–Kier alpha value is -1.89. The Morgan fingerprint density at radius 3 is 2.21 bits per heavy atom. The summed E-state index contributed by atoms with van der Waals surface area (Å²) in [5, 5.41) is 11.7. The van der Waals surface area contributed by atoms with Crippen molar-refractivity contribution in [2.24, 2.45) is 5.92 Å². The lowest BCUT2D eigenvalue weighted by Gasteiger charge is -2.20. The lowest BCUT2D eigenvalue weighted by atomic mass is 9.99. The van der Waals surface area contributed by atoms with E-state index < -0.39 is 27.8 Å². The van der Waals surface area contributed by atoms with Gasteiger partial charge in [-0.15, -0.1) is 0 Å². The highest BCUT2D eigenvalue weighted by atomic mass is 32.2. The molecule has 6 nitrogen and oxygen atoms in total. The van der Waals surface area contributed by atoms with Gasteiger partial charge in [0.25, 0.3) is 5.91 Å². The topological polar surface area (TPSA) is 101 Å². The molecule has 0 aliphatic heterocycles. The van der Waals surface area contributed by atoms with Crippen LogP contribution in [0.3, 0.4) is 0 Å². The van der Waals surface area contributed by atoms with E-state index in [0.717, 1.165) is 6.42 Å². The van der Waals surface area contributed by atoms with Crippen molar-refractivity contribution >= 4 is 21.7 Å². The van der Waals surface area contributed by atoms with Crippen molar-refractivity contribution in [2.75, 3.05) is 5.75 Å². The second-order valence-corrected chi connectivity index (χ2v) is 7.98. The summed E-state index contributed by atoms with van der Waals surface area (Å²) in [6, 6.07) is 4.61. The van der Waals surface area contributed by atoms with Gasteiger partial charge in [0.15, 0.2) is 9.84 Å². The van der Waals surface area contributed by atoms with Crippen molar-refractivity contribution in [3.8, 4) is 0 Å². The first-order valence-electron chi connectivity index (χ1n) is 8.09. The van der Waals surface area contributed by atoms with Gasteiger partial charge in [-0.25, -0.2) is 13.2 Å². The van der Waals surface area contributed by atoms with E-state index in [4.69, 9.17) is 0 Å². The van der Waals surface area contributed by atoms with E-state index in [0.29, 0.717) is 12.8 Å². The standard InChI is InChI=1S/C17H25NO5S/c1-4-6-11-24(22,23)14-9-7-13(8-10-14)16(19)18-15(17(20)21)12(3)5-2/h7-10,12,15H,4-6,11H2,1-3H3,(H,18,19)(H,20,21)/t12-,15-/m0/s1. The third-order valence-corrected chi connectivity index (χ3v) is 5.82. The first-order chi connectivity index (χ1) is 11.2. The molecule has 0 bridgehead atoms. The molecule has 0 unspecified atom stereocenters. The van der Waals surface area contributed by atoms with Crippen molar-refractivity contribution in [2.45, 2.75) is 51.0 Å². The molecule has 1 amide bonds. The number of unbranched alkanes of at least 4 members (excludes halogenated alkanes) is 1. The predicted molar refractivity (Wildman–Crippen MR) is 91.7 cm³/mol. The molecule has 1 aromatic rings. The average molecular weight is 355 g/mol. The first kappa shape index (κ1) is 20.2. The molecule has 24 heavy (non-hydrogen) atoms. The Balaban J connectivity index is 2.88. The summed E-state index contributed by atoms with van der Waals surface area (Å²) >= 11 is 0. The predicted octanol–water partition coefficient (Wildman–Crippen LogP) is 2.49. The lowest BCUT2D eigenvalue weighted by molar-refractivity contribution is -0.140. The Morgan fingerprint density at radius 2 is 1.75 bits per heavy atom. The number of carbonyl (C=O) groups is 2. The highest BCUT2D eigenvalue weighted by molar-refractivity contribution is 7.91. The molecule has 7 heteroatoms. The average Bonchev–Trinajstić information content (AvgIpc) is 2.56. The minimum absolute atomic E-state index is 0.0736. The van der Waals surface area contributed by atoms with Gasteiger partial charge in [0.2, 0.25) is 0 Å². The monoisotopic (exact) mass is 355 g/mol. The lowest BCUT2D eigenvalue weighted by Crippen LogP contribution is -2.45. The van der Waals surface area contributed by atoms with Crippen molar-refractivity contribution < 1.29 is 23.1 Å². The number of carboxylic acids is 1. The highest BCUT2D eigenvalue weighted by Crippen LogP contribution is 2.15. The Labute approximate surface area is 143 Å². The van der Waals surface area contributed by atoms with Crippen LogP contribution in [-0.2, 0) is 14.6 Å². The quantitative estimate of drug-likeness (QED) is 0.709. The number of sulfone groups is 1. The molecule has 1 aromatic carbocycles. The highest BCUT2D eigenvalue weighted by Gasteiger charge is 2.25. The van der Waals surface area contributed by atoms with Crippen LogP contribution in [0.2, 0.25) is 0 Å². The zero-order chi connectivity index (χ0) is 18.3. The van der Waals surface area contributed by atoms with Gasteiger partial charge in [0.05, 0.1) is 10.6 Å². The third kappa shape index (κ3) is 5.33. The second-order valence-electron chi connectivity index (χ2n) is 5.87. The molecule has 0 heterocycles. The fourth-order valence-corrected chi connectivity index (χ4v) is 3.63. The fourth-order valence-electron chi connectivity index (χ4n) is 2.17. The molecule has 0 aromatic heterocycles. The van der Waals surface area contributed by atoms with Crippen LogP contribution >= 0.6 is 0 Å². The SMILES string of the molecule is CCCCS(=O)(=O)c1ccc(C(=O)N[C@H](C(=O)O)[C@@H](C)CC)cc1. The van der Waals surface area contributed by atoms with Crippen LogP contribution in [0.5, 0.6) is 0 Å². The normalized spacial score (nSPS) is 14.0. The summed E-state index contributed by atoms with van der Waals surface area (Å²) in [6.45, 7) is 5.52. The van der Waals surface area contributed by atoms with Crippen molar-refractivity contribution in [3.05, 3.63) is 29.8 Å². The van der Waals surface area contributed by atoms with E-state index in [9.17, 15) is 23.1 Å². The summed E-state index contributed by atoms with van der Waals surface area (Å²) in [4.78, 5) is 23.6. The van der Waals surface area contributed by atoms with Gasteiger partial charge in [-0.05, 0) is 36.6 Å². The van der Waals surface area contributed by atoms with Crippen LogP contribution in [0.15, 0.2) is 29.2 Å². The molecule has 2 N–H and O–H groups in total. The van der Waals surface area contributed by atoms with E-state index in [1.165, 1.54) is 24.3 Å². The number of carbonyl (C=O) groups excluding carboxylic acids is 1. The van der Waals surface area contributed by atoms with Crippen molar-refractivity contribution in [1.82, 2.24) is 5.32 Å². The Kier molecular flexibility index (Phi) is 7.41. The Morgan fingerprint density at radius 1 is 1.17 bits per heavy atom. The van der Waals surface area contributed by atoms with Crippen LogP contribution in [0.25, 0.3) is 0 Å². The maximum absolute atomic E-state index is 12.2. The van der Waals surface area contributed by atoms with E-state index in [2.05, 4.69) is 5.32 Å². The number of benzene rings is 1. The maximum atomic E-state index is 12.2. The largest absolute Gasteiger partial charge is 0.480 e. The third-order valence-electron chi connectivity index (χ3n) is 4.01. The summed E-state index contributed by atoms with van der Waals surface area (Å²) in [7, 11) is -3.34. The van der Waals surface area contributed by atoms with Crippen LogP contribution in [0.1, 0.15) is 50.4 Å². The van der Waals surface area contributed by atoms with E-state index in [-0.39, 0.29) is 22.1 Å². The maximum Gasteiger partial charge on any atom is 0.326 e. The number of nitrogens with one attached hydrogen (secondary N) is 1. The number of carboxylic acid groups (broad SMARTS) is 1. The Bertz CT molecular complexity index is 667. The van der Waals surface area contributed by atoms with Gasteiger partial charge in [-0.1, -0.05) is 33.6 Å². The smallest absolute Gasteiger partial charge is 0.326 e. The van der Waals surface area contributed by atoms with Gasteiger partial charge in [-0.3, -0.25) is 4.79 Å². The summed E-state index contributed by atoms with van der Waals surface area (Å²) in [5.74, 6) is -1.75. The number of hydrogen-bond acceptors (Lipinski definition) is 4. The van der Waals surface area contributed by atoms with E-state index >= 15 is 0 Å². The molecule has 0 aliphatic rings. The minimum atomic E-state index is -3.34. The molecular formula is C17H25NO5S. The summed E-state index contributed by atoms with van der Waals surface area (Å²) in [6.07, 6.45) is 1.98. The van der Waals surface area contributed by atoms with Crippen molar-refractivity contribution in [3.63, 3.8) is 0 Å². The molecule has 0 spiro atoms. The number of aliphatic carboxylic acids is 1. The molecule has 0 radical (unpaired) electrons. The molecule has 0 saturated carbocycles. The van der Waals surface area contributed by atoms with Gasteiger partial charge >= 0.3 is 5.97 Å². The molecular weight excluding hydrogens is 330 g/mol. The van der Waals surface area contributed by atoms with Crippen LogP contribution in [0.4, 0.5) is 0 Å². The fraction of sp³-hybridized carbons (Fsp3) is 0.529. The van der Waals surface area contributed by atoms with Gasteiger partial charge < -0.3 is 10.4 Å². The molecule has 0 aliphatic carbocycles. The number of amides is 1. The first-order valence-corrected chi connectivity index (χ1v) is 9.74. The second kappa shape index (κ2) is 8.82. The summed E-state index contributed by atoms with van der Waals surface area (Å²) in [5.41, 5.74) is 0.235. The van der Waals surface area contributed by atoms with Gasteiger partial charge in [0.1, 0.15) is 6.04 Å². The zero-order valence-corrected chi connectivity index (χ0v) is 15.1. The van der Waals surface area contributed by atoms with Gasteiger partial charge in [-0.2, -0.15) is 0 Å². The van der Waals surface area contributed by atoms with Crippen molar-refractivity contribution in [1.29, 1.82) is 0 Å². The molecule has 0 saturated heterocycles. The molecule has 0 fully saturated rings. The number of rotatable bonds is 9. The van der Waals surface area contributed by atoms with E-state index in [1.54, 1.807) is 6.92 Å². The molecule has 134 valence electrons. The minimum Gasteiger partial charge on any atom is -0.480 e. The summed E-state index contributed by atoms with van der Waals surface area (Å²) < 4.78 is 24.2. The zero-order valence-electron chi connectivity index (χ0n) is 14.3. The number of hydrogen-bond donors (Lipinski definition) is 2. The van der Waals surface area contributed by atoms with Gasteiger partial charge in [0, 0.05) is 5.56 Å². The van der Waals surface area contributed by atoms with Crippen LogP contribution in [0, 0.1) is 5.92 Å². The van der Waals surface area contributed by atoms with Crippen LogP contribution in [-0.4, -0.2) is 37.2 Å². The molecule has 2 atom stereocenters. The molecule has 1 rings (SSSR count). The van der Waals surface area contributed by atoms with Crippen LogP contribution < -0.4 is 5.32 Å².